The molecule has 0 radical (unpaired) electrons. The lowest BCUT2D eigenvalue weighted by atomic mass is 9.88. The molecule has 1 aliphatic rings. The van der Waals surface area contributed by atoms with Crippen molar-refractivity contribution in [3.05, 3.63) is 75.3 Å². The zero-order valence-electron chi connectivity index (χ0n) is 13.2. The molecule has 1 saturated heterocycles. The number of nitro groups is 1. The van der Waals surface area contributed by atoms with Gasteiger partial charge < -0.3 is 9.47 Å². The Morgan fingerprint density at radius 3 is 2.46 bits per heavy atom. The Bertz CT molecular complexity index is 753. The Hall–Kier alpha value is -2.57. The van der Waals surface area contributed by atoms with Gasteiger partial charge in [0.25, 0.3) is 5.69 Å². The molecule has 1 unspecified atom stereocenters. The third-order valence-electron chi connectivity index (χ3n) is 4.08. The number of benzene rings is 2. The maximum absolute atomic E-state index is 12.7. The van der Waals surface area contributed by atoms with Crippen LogP contribution in [0.25, 0.3) is 0 Å². The van der Waals surface area contributed by atoms with E-state index in [0.717, 1.165) is 0 Å². The van der Waals surface area contributed by atoms with Gasteiger partial charge in [-0.3, -0.25) is 14.9 Å². The molecule has 0 amide bonds. The molecular weight excluding hydrogens is 310 g/mol. The van der Waals surface area contributed by atoms with Crippen LogP contribution in [-0.4, -0.2) is 23.9 Å². The second-order valence-corrected chi connectivity index (χ2v) is 5.60. The van der Waals surface area contributed by atoms with Gasteiger partial charge in [-0.2, -0.15) is 0 Å². The van der Waals surface area contributed by atoms with Gasteiger partial charge in [-0.15, -0.1) is 0 Å². The van der Waals surface area contributed by atoms with E-state index in [4.69, 9.17) is 9.47 Å². The minimum atomic E-state index is -0.675. The lowest BCUT2D eigenvalue weighted by Gasteiger charge is -2.19. The number of non-ortho nitro benzene ring substituents is 1. The van der Waals surface area contributed by atoms with Crippen molar-refractivity contribution in [2.45, 2.75) is 19.1 Å². The summed E-state index contributed by atoms with van der Waals surface area (Å²) in [5.41, 5.74) is 1.77. The molecule has 0 N–H and O–H groups in total. The van der Waals surface area contributed by atoms with Crippen LogP contribution >= 0.6 is 0 Å². The van der Waals surface area contributed by atoms with Crippen LogP contribution in [0.2, 0.25) is 0 Å². The molecule has 0 aliphatic carbocycles. The van der Waals surface area contributed by atoms with Crippen molar-refractivity contribution in [3.8, 4) is 0 Å². The maximum atomic E-state index is 12.7. The van der Waals surface area contributed by atoms with Crippen LogP contribution in [0.4, 0.5) is 5.69 Å². The average Bonchev–Trinajstić information content (AvgIpc) is 3.15. The monoisotopic (exact) mass is 327 g/mol. The first kappa shape index (κ1) is 16.3. The van der Waals surface area contributed by atoms with Gasteiger partial charge in [0.15, 0.2) is 12.1 Å². The Morgan fingerprint density at radius 1 is 1.17 bits per heavy atom. The van der Waals surface area contributed by atoms with Gasteiger partial charge in [0.05, 0.1) is 18.1 Å². The van der Waals surface area contributed by atoms with Crippen LogP contribution in [0.3, 0.4) is 0 Å². The van der Waals surface area contributed by atoms with Gasteiger partial charge in [-0.1, -0.05) is 43.3 Å². The van der Waals surface area contributed by atoms with Crippen molar-refractivity contribution >= 4 is 11.5 Å². The van der Waals surface area contributed by atoms with Crippen molar-refractivity contribution in [2.24, 2.45) is 0 Å². The normalized spacial score (nSPS) is 16.0. The summed E-state index contributed by atoms with van der Waals surface area (Å²) in [4.78, 5) is 23.3. The van der Waals surface area contributed by atoms with Crippen molar-refractivity contribution in [2.75, 3.05) is 13.2 Å². The van der Waals surface area contributed by atoms with E-state index in [0.29, 0.717) is 29.9 Å². The second kappa shape index (κ2) is 6.90. The summed E-state index contributed by atoms with van der Waals surface area (Å²) in [5.74, 6) is -0.514. The van der Waals surface area contributed by atoms with Gasteiger partial charge in [0, 0.05) is 29.2 Å². The topological polar surface area (TPSA) is 78.7 Å². The van der Waals surface area contributed by atoms with E-state index in [-0.39, 0.29) is 11.5 Å². The number of carbonyl (C=O) groups excluding carboxylic acids is 1. The van der Waals surface area contributed by atoms with E-state index in [9.17, 15) is 14.9 Å². The number of nitrogens with zero attached hydrogens (tertiary/aromatic N) is 1. The van der Waals surface area contributed by atoms with E-state index in [1.165, 1.54) is 12.1 Å². The Morgan fingerprint density at radius 2 is 1.83 bits per heavy atom. The molecule has 6 heteroatoms. The first-order valence-electron chi connectivity index (χ1n) is 7.68. The Balaban J connectivity index is 1.99. The Labute approximate surface area is 139 Å². The van der Waals surface area contributed by atoms with Crippen molar-refractivity contribution < 1.29 is 19.2 Å². The van der Waals surface area contributed by atoms with E-state index in [1.54, 1.807) is 37.3 Å². The zero-order valence-corrected chi connectivity index (χ0v) is 13.2. The number of hydrogen-bond donors (Lipinski definition) is 0. The standard InChI is InChI=1S/C18H17NO5/c1-12(17(20)13-5-3-2-4-6-13)15-8-7-14(19(21)22)11-16(15)18-23-9-10-24-18/h2-8,11-12,18H,9-10H2,1H3. The van der Waals surface area contributed by atoms with Crippen LogP contribution < -0.4 is 0 Å². The number of Topliss-reactive ketones (excluding diaryl/α,β-unsaturated/α-hetero) is 1. The van der Waals surface area contributed by atoms with Crippen LogP contribution in [-0.2, 0) is 9.47 Å². The lowest BCUT2D eigenvalue weighted by molar-refractivity contribution is -0.385. The number of carbonyl (C=O) groups is 1. The molecule has 2 aromatic carbocycles. The first-order valence-corrected chi connectivity index (χ1v) is 7.68. The van der Waals surface area contributed by atoms with Gasteiger partial charge in [-0.05, 0) is 5.56 Å². The molecule has 1 fully saturated rings. The summed E-state index contributed by atoms with van der Waals surface area (Å²) < 4.78 is 11.0. The number of hydrogen-bond acceptors (Lipinski definition) is 5. The molecule has 1 heterocycles. The zero-order chi connectivity index (χ0) is 17.1. The van der Waals surface area contributed by atoms with Crippen LogP contribution in [0, 0.1) is 10.1 Å². The van der Waals surface area contributed by atoms with Gasteiger partial charge in [-0.25, -0.2) is 0 Å². The fourth-order valence-electron chi connectivity index (χ4n) is 2.81. The average molecular weight is 327 g/mol. The molecule has 2 aromatic rings. The summed E-state index contributed by atoms with van der Waals surface area (Å²) in [7, 11) is 0. The third kappa shape index (κ3) is 3.20. The molecule has 0 saturated carbocycles. The van der Waals surface area contributed by atoms with Crippen molar-refractivity contribution in [3.63, 3.8) is 0 Å². The summed E-state index contributed by atoms with van der Waals surface area (Å²) in [6.07, 6.45) is -0.675. The van der Waals surface area contributed by atoms with E-state index < -0.39 is 17.1 Å². The Kier molecular flexibility index (Phi) is 4.69. The molecule has 0 aromatic heterocycles. The minimum absolute atomic E-state index is 0.0489. The van der Waals surface area contributed by atoms with E-state index >= 15 is 0 Å². The summed E-state index contributed by atoms with van der Waals surface area (Å²) in [5, 5.41) is 11.1. The number of ketones is 1. The summed E-state index contributed by atoms with van der Waals surface area (Å²) in [6, 6.07) is 13.4. The van der Waals surface area contributed by atoms with Crippen molar-refractivity contribution in [1.29, 1.82) is 0 Å². The fraction of sp³-hybridized carbons (Fsp3) is 0.278. The number of nitro benzene ring substituents is 1. The molecular formula is C18H17NO5. The highest BCUT2D eigenvalue weighted by atomic mass is 16.7. The molecule has 3 rings (SSSR count). The molecule has 24 heavy (non-hydrogen) atoms. The number of ether oxygens (including phenoxy) is 2. The van der Waals surface area contributed by atoms with Gasteiger partial charge in [0.1, 0.15) is 0 Å². The fourth-order valence-corrected chi connectivity index (χ4v) is 2.81. The van der Waals surface area contributed by atoms with Crippen LogP contribution in [0.15, 0.2) is 48.5 Å². The SMILES string of the molecule is CC(C(=O)c1ccccc1)c1ccc([N+](=O)[O-])cc1C1OCCO1. The molecule has 0 spiro atoms. The smallest absolute Gasteiger partial charge is 0.269 e. The number of rotatable bonds is 5. The van der Waals surface area contributed by atoms with Crippen molar-refractivity contribution in [1.82, 2.24) is 0 Å². The van der Waals surface area contributed by atoms with Gasteiger partial charge >= 0.3 is 0 Å². The lowest BCUT2D eigenvalue weighted by Crippen LogP contribution is -2.14. The van der Waals surface area contributed by atoms with Crippen LogP contribution in [0.1, 0.15) is 40.6 Å². The molecule has 124 valence electrons. The molecule has 1 aliphatic heterocycles. The molecule has 1 atom stereocenters. The summed E-state index contributed by atoms with van der Waals surface area (Å²) >= 11 is 0. The highest BCUT2D eigenvalue weighted by Gasteiger charge is 2.28. The predicted molar refractivity (Wildman–Crippen MR) is 86.9 cm³/mol. The van der Waals surface area contributed by atoms with Gasteiger partial charge in [0.2, 0.25) is 0 Å². The highest BCUT2D eigenvalue weighted by Crippen LogP contribution is 2.34. The molecule has 0 bridgehead atoms. The molecule has 6 nitrogen and oxygen atoms in total. The highest BCUT2D eigenvalue weighted by molar-refractivity contribution is 6.00. The predicted octanol–water partition coefficient (Wildman–Crippen LogP) is 3.63. The first-order chi connectivity index (χ1) is 11.6. The summed E-state index contributed by atoms with van der Waals surface area (Å²) in [6.45, 7) is 2.64. The van der Waals surface area contributed by atoms with E-state index in [2.05, 4.69) is 0 Å². The van der Waals surface area contributed by atoms with Crippen LogP contribution in [0.5, 0.6) is 0 Å². The van der Waals surface area contributed by atoms with E-state index in [1.807, 2.05) is 6.07 Å². The maximum Gasteiger partial charge on any atom is 0.269 e. The largest absolute Gasteiger partial charge is 0.346 e. The third-order valence-corrected chi connectivity index (χ3v) is 4.08. The minimum Gasteiger partial charge on any atom is -0.346 e. The quantitative estimate of drug-likeness (QED) is 0.476. The second-order valence-electron chi connectivity index (χ2n) is 5.60.